The standard InChI is InChI=1S/C16H17FO4/c1-10(18)15-6-11(17)4-5-16(15)21-14-8-12(19-2)7-13(9-14)20-3/h4-10,18H,1-3H3/t10-/m0/s1. The summed E-state index contributed by atoms with van der Waals surface area (Å²) in [5.41, 5.74) is 0.372. The number of benzene rings is 2. The molecule has 0 unspecified atom stereocenters. The number of aliphatic hydroxyl groups is 1. The quantitative estimate of drug-likeness (QED) is 0.913. The van der Waals surface area contributed by atoms with Crippen LogP contribution in [0.3, 0.4) is 0 Å². The molecule has 4 nitrogen and oxygen atoms in total. The molecule has 0 bridgehead atoms. The van der Waals surface area contributed by atoms with E-state index >= 15 is 0 Å². The number of rotatable bonds is 5. The van der Waals surface area contributed by atoms with Gasteiger partial charge in [0.15, 0.2) is 0 Å². The third-order valence-corrected chi connectivity index (χ3v) is 2.97. The lowest BCUT2D eigenvalue weighted by molar-refractivity contribution is 0.195. The maximum atomic E-state index is 13.3. The number of hydrogen-bond acceptors (Lipinski definition) is 4. The van der Waals surface area contributed by atoms with Crippen LogP contribution in [0.5, 0.6) is 23.0 Å². The molecule has 0 heterocycles. The van der Waals surface area contributed by atoms with Gasteiger partial charge in [0.2, 0.25) is 0 Å². The van der Waals surface area contributed by atoms with E-state index in [1.807, 2.05) is 0 Å². The van der Waals surface area contributed by atoms with E-state index in [4.69, 9.17) is 14.2 Å². The Balaban J connectivity index is 2.38. The fourth-order valence-corrected chi connectivity index (χ4v) is 1.91. The number of methoxy groups -OCH3 is 2. The summed E-state index contributed by atoms with van der Waals surface area (Å²) in [5.74, 6) is 1.57. The van der Waals surface area contributed by atoms with Crippen LogP contribution >= 0.6 is 0 Å². The lowest BCUT2D eigenvalue weighted by Gasteiger charge is -2.14. The van der Waals surface area contributed by atoms with Crippen molar-refractivity contribution >= 4 is 0 Å². The van der Waals surface area contributed by atoms with E-state index < -0.39 is 11.9 Å². The zero-order valence-electron chi connectivity index (χ0n) is 12.1. The molecular weight excluding hydrogens is 275 g/mol. The summed E-state index contributed by atoms with van der Waals surface area (Å²) >= 11 is 0. The largest absolute Gasteiger partial charge is 0.496 e. The molecule has 112 valence electrons. The molecule has 21 heavy (non-hydrogen) atoms. The molecule has 0 aliphatic rings. The topological polar surface area (TPSA) is 47.9 Å². The van der Waals surface area contributed by atoms with Gasteiger partial charge in [0.25, 0.3) is 0 Å². The molecule has 0 radical (unpaired) electrons. The molecule has 0 aromatic heterocycles. The van der Waals surface area contributed by atoms with Crippen LogP contribution < -0.4 is 14.2 Å². The van der Waals surface area contributed by atoms with E-state index in [9.17, 15) is 9.50 Å². The average molecular weight is 292 g/mol. The van der Waals surface area contributed by atoms with Crippen molar-refractivity contribution < 1.29 is 23.7 Å². The SMILES string of the molecule is COc1cc(OC)cc(Oc2ccc(F)cc2[C@H](C)O)c1. The van der Waals surface area contributed by atoms with Crippen molar-refractivity contribution in [2.24, 2.45) is 0 Å². The second-order valence-electron chi connectivity index (χ2n) is 4.51. The van der Waals surface area contributed by atoms with E-state index in [0.717, 1.165) is 0 Å². The van der Waals surface area contributed by atoms with Gasteiger partial charge >= 0.3 is 0 Å². The zero-order valence-corrected chi connectivity index (χ0v) is 12.1. The third kappa shape index (κ3) is 3.64. The predicted molar refractivity (Wildman–Crippen MR) is 76.7 cm³/mol. The fourth-order valence-electron chi connectivity index (χ4n) is 1.91. The number of ether oxygens (including phenoxy) is 3. The summed E-state index contributed by atoms with van der Waals surface area (Å²) in [7, 11) is 3.08. The summed E-state index contributed by atoms with van der Waals surface area (Å²) < 4.78 is 29.3. The molecule has 1 N–H and O–H groups in total. The summed E-state index contributed by atoms with van der Waals surface area (Å²) in [6.45, 7) is 1.55. The van der Waals surface area contributed by atoms with Crippen LogP contribution in [0.2, 0.25) is 0 Å². The first-order valence-corrected chi connectivity index (χ1v) is 6.42. The Morgan fingerprint density at radius 2 is 1.52 bits per heavy atom. The van der Waals surface area contributed by atoms with Crippen LogP contribution in [-0.2, 0) is 0 Å². The van der Waals surface area contributed by atoms with Crippen LogP contribution in [0, 0.1) is 5.82 Å². The summed E-state index contributed by atoms with van der Waals surface area (Å²) in [6.07, 6.45) is -0.844. The molecule has 0 fully saturated rings. The lowest BCUT2D eigenvalue weighted by Crippen LogP contribution is -1.98. The predicted octanol–water partition coefficient (Wildman–Crippen LogP) is 3.69. The number of halogens is 1. The van der Waals surface area contributed by atoms with Crippen molar-refractivity contribution in [3.8, 4) is 23.0 Å². The van der Waals surface area contributed by atoms with Gasteiger partial charge in [0.1, 0.15) is 28.8 Å². The Morgan fingerprint density at radius 3 is 2.05 bits per heavy atom. The van der Waals surface area contributed by atoms with E-state index in [1.54, 1.807) is 25.1 Å². The molecule has 0 spiro atoms. The van der Waals surface area contributed by atoms with Gasteiger partial charge in [-0.15, -0.1) is 0 Å². The maximum absolute atomic E-state index is 13.3. The van der Waals surface area contributed by atoms with Crippen molar-refractivity contribution in [1.82, 2.24) is 0 Å². The Hall–Kier alpha value is -2.27. The van der Waals surface area contributed by atoms with Gasteiger partial charge in [-0.25, -0.2) is 4.39 Å². The van der Waals surface area contributed by atoms with E-state index in [0.29, 0.717) is 28.6 Å². The smallest absolute Gasteiger partial charge is 0.134 e. The van der Waals surface area contributed by atoms with Crippen LogP contribution in [-0.4, -0.2) is 19.3 Å². The highest BCUT2D eigenvalue weighted by molar-refractivity contribution is 5.45. The van der Waals surface area contributed by atoms with Crippen LogP contribution in [0.4, 0.5) is 4.39 Å². The Kier molecular flexibility index (Phi) is 4.65. The molecule has 1 atom stereocenters. The molecule has 5 heteroatoms. The second kappa shape index (κ2) is 6.45. The molecule has 0 saturated carbocycles. The van der Waals surface area contributed by atoms with Crippen molar-refractivity contribution in [2.75, 3.05) is 14.2 Å². The minimum atomic E-state index is -0.844. The molecule has 0 amide bonds. The molecule has 0 aliphatic heterocycles. The Bertz CT molecular complexity index is 603. The summed E-state index contributed by atoms with van der Waals surface area (Å²) in [4.78, 5) is 0. The first-order chi connectivity index (χ1) is 10.0. The highest BCUT2D eigenvalue weighted by Crippen LogP contribution is 2.34. The van der Waals surface area contributed by atoms with Gasteiger partial charge in [-0.05, 0) is 25.1 Å². The summed E-state index contributed by atoms with van der Waals surface area (Å²) in [5, 5.41) is 9.71. The zero-order chi connectivity index (χ0) is 15.4. The Labute approximate surface area is 122 Å². The van der Waals surface area contributed by atoms with Gasteiger partial charge in [-0.2, -0.15) is 0 Å². The molecule has 0 aliphatic carbocycles. The molecule has 2 aromatic rings. The van der Waals surface area contributed by atoms with Gasteiger partial charge in [0.05, 0.1) is 20.3 Å². The third-order valence-electron chi connectivity index (χ3n) is 2.97. The maximum Gasteiger partial charge on any atom is 0.134 e. The van der Waals surface area contributed by atoms with E-state index in [2.05, 4.69) is 0 Å². The van der Waals surface area contributed by atoms with E-state index in [-0.39, 0.29) is 0 Å². The minimum Gasteiger partial charge on any atom is -0.496 e. The normalized spacial score (nSPS) is 11.9. The van der Waals surface area contributed by atoms with Crippen molar-refractivity contribution in [2.45, 2.75) is 13.0 Å². The van der Waals surface area contributed by atoms with Gasteiger partial charge < -0.3 is 19.3 Å². The van der Waals surface area contributed by atoms with Gasteiger partial charge in [-0.3, -0.25) is 0 Å². The number of hydrogen-bond donors (Lipinski definition) is 1. The van der Waals surface area contributed by atoms with Gasteiger partial charge in [-0.1, -0.05) is 0 Å². The van der Waals surface area contributed by atoms with Crippen molar-refractivity contribution in [3.05, 3.63) is 47.8 Å². The molecule has 2 rings (SSSR count). The van der Waals surface area contributed by atoms with Crippen LogP contribution in [0.25, 0.3) is 0 Å². The minimum absolute atomic E-state index is 0.372. The Morgan fingerprint density at radius 1 is 0.952 bits per heavy atom. The highest BCUT2D eigenvalue weighted by Gasteiger charge is 2.12. The number of aliphatic hydroxyl groups excluding tert-OH is 1. The van der Waals surface area contributed by atoms with Crippen molar-refractivity contribution in [3.63, 3.8) is 0 Å². The molecular formula is C16H17FO4. The monoisotopic (exact) mass is 292 g/mol. The average Bonchev–Trinajstić information content (AvgIpc) is 2.48. The lowest BCUT2D eigenvalue weighted by atomic mass is 10.1. The second-order valence-corrected chi connectivity index (χ2v) is 4.51. The molecule has 0 saturated heterocycles. The first kappa shape index (κ1) is 15.1. The first-order valence-electron chi connectivity index (χ1n) is 6.42. The highest BCUT2D eigenvalue weighted by atomic mass is 19.1. The molecule has 2 aromatic carbocycles. The van der Waals surface area contributed by atoms with Gasteiger partial charge in [0, 0.05) is 23.8 Å². The van der Waals surface area contributed by atoms with Crippen LogP contribution in [0.1, 0.15) is 18.6 Å². The fraction of sp³-hybridized carbons (Fsp3) is 0.250. The summed E-state index contributed by atoms with van der Waals surface area (Å²) in [6, 6.07) is 9.07. The van der Waals surface area contributed by atoms with Crippen molar-refractivity contribution in [1.29, 1.82) is 0 Å². The van der Waals surface area contributed by atoms with Crippen LogP contribution in [0.15, 0.2) is 36.4 Å². The van der Waals surface area contributed by atoms with E-state index in [1.165, 1.54) is 32.4 Å².